The molecule has 1 amide bonds. The van der Waals surface area contributed by atoms with Crippen LogP contribution in [0.3, 0.4) is 0 Å². The summed E-state index contributed by atoms with van der Waals surface area (Å²) >= 11 is 3.91. The fraction of sp³-hybridized carbons (Fsp3) is 0.389. The Hall–Kier alpha value is -2.24. The number of aromatic nitrogens is 3. The maximum absolute atomic E-state index is 12.6. The second-order valence-corrected chi connectivity index (χ2v) is 9.19. The molecular formula is C18H20N4O4S3. The van der Waals surface area contributed by atoms with E-state index in [0.29, 0.717) is 32.8 Å². The van der Waals surface area contributed by atoms with E-state index in [9.17, 15) is 14.4 Å². The van der Waals surface area contributed by atoms with Crippen LogP contribution in [0.1, 0.15) is 23.1 Å². The molecule has 0 saturated carbocycles. The average Bonchev–Trinajstić information content (AvgIpc) is 3.21. The van der Waals surface area contributed by atoms with Gasteiger partial charge in [-0.3, -0.25) is 19.0 Å². The van der Waals surface area contributed by atoms with Crippen molar-refractivity contribution >= 4 is 61.7 Å². The molecule has 0 spiro atoms. The number of amides is 1. The first-order valence-electron chi connectivity index (χ1n) is 8.79. The number of nitrogens with zero attached hydrogens (tertiary/aromatic N) is 3. The zero-order valence-corrected chi connectivity index (χ0v) is 18.8. The number of ether oxygens (including phenoxy) is 1. The Bertz CT molecular complexity index is 1130. The SMILES string of the molecule is CCOC(=O)Cc1csc(NC(=O)CSc2nc3sc(C)c(C)c3c(=O)n2C)n1. The Kier molecular flexibility index (Phi) is 6.70. The Morgan fingerprint density at radius 1 is 1.31 bits per heavy atom. The third-order valence-electron chi connectivity index (χ3n) is 4.13. The number of fused-ring (bicyclic) bond motifs is 1. The molecule has 0 saturated heterocycles. The molecule has 0 bridgehead atoms. The first-order chi connectivity index (χ1) is 13.8. The molecule has 0 atom stereocenters. The van der Waals surface area contributed by atoms with Gasteiger partial charge in [-0.15, -0.1) is 22.7 Å². The number of thiophene rings is 1. The van der Waals surface area contributed by atoms with Crippen LogP contribution in [-0.2, 0) is 27.8 Å². The monoisotopic (exact) mass is 452 g/mol. The summed E-state index contributed by atoms with van der Waals surface area (Å²) in [6.07, 6.45) is 0.0701. The molecule has 3 heterocycles. The van der Waals surface area contributed by atoms with Gasteiger partial charge in [0.2, 0.25) is 5.91 Å². The lowest BCUT2D eigenvalue weighted by molar-refractivity contribution is -0.142. The number of anilines is 1. The number of thiazole rings is 1. The Morgan fingerprint density at radius 2 is 2.07 bits per heavy atom. The molecule has 0 fully saturated rings. The van der Waals surface area contributed by atoms with Crippen LogP contribution >= 0.6 is 34.4 Å². The van der Waals surface area contributed by atoms with E-state index in [0.717, 1.165) is 10.4 Å². The van der Waals surface area contributed by atoms with Gasteiger partial charge >= 0.3 is 5.97 Å². The van der Waals surface area contributed by atoms with E-state index in [-0.39, 0.29) is 29.6 Å². The number of carbonyl (C=O) groups excluding carboxylic acids is 2. The standard InChI is InChI=1S/C18H20N4O4S3/c1-5-26-13(24)6-11-7-27-17(19-11)20-12(23)8-28-18-21-15-14(16(25)22(18)4)9(2)10(3)29-15/h7H,5-6,8H2,1-4H3,(H,19,20,23). The number of carbonyl (C=O) groups is 2. The van der Waals surface area contributed by atoms with Gasteiger partial charge in [0.25, 0.3) is 5.56 Å². The van der Waals surface area contributed by atoms with E-state index in [2.05, 4.69) is 15.3 Å². The molecule has 0 aliphatic rings. The summed E-state index contributed by atoms with van der Waals surface area (Å²) in [5, 5.41) is 5.95. The fourth-order valence-electron chi connectivity index (χ4n) is 2.58. The molecule has 0 aliphatic heterocycles. The van der Waals surface area contributed by atoms with Crippen molar-refractivity contribution in [3.8, 4) is 0 Å². The molecule has 0 aliphatic carbocycles. The van der Waals surface area contributed by atoms with Crippen molar-refractivity contribution in [3.63, 3.8) is 0 Å². The maximum atomic E-state index is 12.6. The molecule has 3 aromatic heterocycles. The van der Waals surface area contributed by atoms with Gasteiger partial charge in [-0.2, -0.15) is 0 Å². The fourth-order valence-corrected chi connectivity index (χ4v) is 5.14. The van der Waals surface area contributed by atoms with Crippen molar-refractivity contribution in [3.05, 3.63) is 31.9 Å². The Morgan fingerprint density at radius 3 is 2.79 bits per heavy atom. The van der Waals surface area contributed by atoms with E-state index in [1.54, 1.807) is 19.4 Å². The second-order valence-electron chi connectivity index (χ2n) is 6.18. The van der Waals surface area contributed by atoms with Gasteiger partial charge in [0.15, 0.2) is 10.3 Å². The summed E-state index contributed by atoms with van der Waals surface area (Å²) in [4.78, 5) is 46.9. The quantitative estimate of drug-likeness (QED) is 0.334. The van der Waals surface area contributed by atoms with Crippen molar-refractivity contribution in [2.45, 2.75) is 32.3 Å². The minimum atomic E-state index is -0.354. The molecule has 11 heteroatoms. The van der Waals surface area contributed by atoms with E-state index in [1.165, 1.54) is 39.0 Å². The predicted octanol–water partition coefficient (Wildman–Crippen LogP) is 2.90. The third kappa shape index (κ3) is 4.85. The highest BCUT2D eigenvalue weighted by molar-refractivity contribution is 7.99. The molecule has 1 N–H and O–H groups in total. The topological polar surface area (TPSA) is 103 Å². The minimum Gasteiger partial charge on any atom is -0.466 e. The van der Waals surface area contributed by atoms with Crippen LogP contribution in [0.15, 0.2) is 15.3 Å². The number of aryl methyl sites for hydroxylation is 2. The zero-order valence-electron chi connectivity index (χ0n) is 16.4. The van der Waals surface area contributed by atoms with Gasteiger partial charge in [0.05, 0.1) is 29.9 Å². The van der Waals surface area contributed by atoms with Gasteiger partial charge in [-0.05, 0) is 26.3 Å². The average molecular weight is 453 g/mol. The van der Waals surface area contributed by atoms with E-state index >= 15 is 0 Å². The summed E-state index contributed by atoms with van der Waals surface area (Å²) in [6.45, 7) is 5.94. The summed E-state index contributed by atoms with van der Waals surface area (Å²) in [7, 11) is 1.66. The van der Waals surface area contributed by atoms with Crippen LogP contribution in [0.25, 0.3) is 10.2 Å². The lowest BCUT2D eigenvalue weighted by Crippen LogP contribution is -2.21. The molecule has 29 heavy (non-hydrogen) atoms. The highest BCUT2D eigenvalue weighted by Gasteiger charge is 2.16. The number of esters is 1. The van der Waals surface area contributed by atoms with Crippen molar-refractivity contribution < 1.29 is 14.3 Å². The summed E-state index contributed by atoms with van der Waals surface area (Å²) in [5.41, 5.74) is 1.40. The number of hydrogen-bond acceptors (Lipinski definition) is 9. The van der Waals surface area contributed by atoms with E-state index in [1.807, 2.05) is 13.8 Å². The Labute approximate surface area is 179 Å². The largest absolute Gasteiger partial charge is 0.466 e. The normalized spacial score (nSPS) is 11.0. The molecule has 3 aromatic rings. The van der Waals surface area contributed by atoms with Crippen LogP contribution in [-0.4, -0.2) is 38.8 Å². The number of rotatable bonds is 7. The molecule has 0 aromatic carbocycles. The summed E-state index contributed by atoms with van der Waals surface area (Å²) < 4.78 is 6.36. The predicted molar refractivity (Wildman–Crippen MR) is 116 cm³/mol. The molecular weight excluding hydrogens is 432 g/mol. The first-order valence-corrected chi connectivity index (χ1v) is 11.5. The Balaban J connectivity index is 1.64. The number of nitrogens with one attached hydrogen (secondary N) is 1. The lowest BCUT2D eigenvalue weighted by atomic mass is 10.2. The van der Waals surface area contributed by atoms with Gasteiger partial charge in [0, 0.05) is 17.3 Å². The van der Waals surface area contributed by atoms with Crippen molar-refractivity contribution in [2.24, 2.45) is 7.05 Å². The van der Waals surface area contributed by atoms with Crippen LogP contribution < -0.4 is 10.9 Å². The van der Waals surface area contributed by atoms with Crippen LogP contribution in [0.4, 0.5) is 5.13 Å². The highest BCUT2D eigenvalue weighted by Crippen LogP contribution is 2.28. The first kappa shape index (κ1) is 21.5. The lowest BCUT2D eigenvalue weighted by Gasteiger charge is -2.07. The van der Waals surface area contributed by atoms with Crippen molar-refractivity contribution in [1.82, 2.24) is 14.5 Å². The summed E-state index contributed by atoms with van der Waals surface area (Å²) in [6, 6.07) is 0. The van der Waals surface area contributed by atoms with Crippen LogP contribution in [0.2, 0.25) is 0 Å². The van der Waals surface area contributed by atoms with Crippen molar-refractivity contribution in [2.75, 3.05) is 17.7 Å². The molecule has 0 radical (unpaired) electrons. The minimum absolute atomic E-state index is 0.0701. The van der Waals surface area contributed by atoms with Crippen molar-refractivity contribution in [1.29, 1.82) is 0 Å². The van der Waals surface area contributed by atoms with Gasteiger partial charge in [-0.25, -0.2) is 9.97 Å². The number of hydrogen-bond donors (Lipinski definition) is 1. The highest BCUT2D eigenvalue weighted by atomic mass is 32.2. The molecule has 8 nitrogen and oxygen atoms in total. The maximum Gasteiger partial charge on any atom is 0.311 e. The zero-order chi connectivity index (χ0) is 21.1. The molecule has 3 rings (SSSR count). The third-order valence-corrected chi connectivity index (χ3v) is 7.07. The smallest absolute Gasteiger partial charge is 0.311 e. The van der Waals surface area contributed by atoms with E-state index < -0.39 is 0 Å². The van der Waals surface area contributed by atoms with Crippen LogP contribution in [0.5, 0.6) is 0 Å². The van der Waals surface area contributed by atoms with Gasteiger partial charge in [-0.1, -0.05) is 11.8 Å². The van der Waals surface area contributed by atoms with Gasteiger partial charge in [0.1, 0.15) is 4.83 Å². The summed E-state index contributed by atoms with van der Waals surface area (Å²) in [5.74, 6) is -0.533. The van der Waals surface area contributed by atoms with Gasteiger partial charge < -0.3 is 10.1 Å². The number of thioether (sulfide) groups is 1. The molecule has 154 valence electrons. The van der Waals surface area contributed by atoms with Crippen LogP contribution in [0, 0.1) is 13.8 Å². The molecule has 0 unspecified atom stereocenters. The van der Waals surface area contributed by atoms with E-state index in [4.69, 9.17) is 4.74 Å². The second kappa shape index (κ2) is 9.06.